The minimum absolute atomic E-state index is 0.0565. The number of esters is 1. The van der Waals surface area contributed by atoms with Gasteiger partial charge in [0.15, 0.2) is 0 Å². The largest absolute Gasteiger partial charge is 0.465 e. The molecule has 0 aliphatic heterocycles. The lowest BCUT2D eigenvalue weighted by molar-refractivity contribution is 0.0595. The van der Waals surface area contributed by atoms with Crippen LogP contribution in [0.2, 0.25) is 0 Å². The van der Waals surface area contributed by atoms with E-state index in [9.17, 15) is 9.18 Å². The van der Waals surface area contributed by atoms with E-state index < -0.39 is 11.8 Å². The number of benzene rings is 1. The van der Waals surface area contributed by atoms with Gasteiger partial charge in [-0.1, -0.05) is 6.07 Å². The third-order valence-electron chi connectivity index (χ3n) is 2.94. The zero-order valence-corrected chi connectivity index (χ0v) is 11.5. The fraction of sp³-hybridized carbons (Fsp3) is 0.500. The van der Waals surface area contributed by atoms with Gasteiger partial charge in [0.05, 0.1) is 19.3 Å². The second-order valence-corrected chi connectivity index (χ2v) is 4.59. The Hall–Kier alpha value is -1.46. The molecule has 0 aliphatic carbocycles. The van der Waals surface area contributed by atoms with Crippen LogP contribution in [-0.2, 0) is 11.3 Å². The van der Waals surface area contributed by atoms with Crippen LogP contribution in [0.5, 0.6) is 0 Å². The van der Waals surface area contributed by atoms with Crippen LogP contribution in [0.25, 0.3) is 0 Å². The van der Waals surface area contributed by atoms with E-state index in [1.807, 2.05) is 18.7 Å². The number of nitrogens with zero attached hydrogens (tertiary/aromatic N) is 1. The van der Waals surface area contributed by atoms with Crippen LogP contribution in [0.3, 0.4) is 0 Å². The minimum Gasteiger partial charge on any atom is -0.465 e. The van der Waals surface area contributed by atoms with Crippen LogP contribution in [-0.4, -0.2) is 42.3 Å². The maximum absolute atomic E-state index is 13.8. The monoisotopic (exact) mass is 269 g/mol. The second kappa shape index (κ2) is 7.21. The molecular formula is C14H20FNO3. The lowest BCUT2D eigenvalue weighted by Gasteiger charge is -2.25. The molecule has 19 heavy (non-hydrogen) atoms. The summed E-state index contributed by atoms with van der Waals surface area (Å²) in [4.78, 5) is 13.3. The molecule has 0 radical (unpaired) electrons. The van der Waals surface area contributed by atoms with E-state index >= 15 is 0 Å². The summed E-state index contributed by atoms with van der Waals surface area (Å²) in [6.07, 6.45) is 0. The van der Waals surface area contributed by atoms with Crippen molar-refractivity contribution in [1.29, 1.82) is 0 Å². The maximum Gasteiger partial charge on any atom is 0.340 e. The lowest BCUT2D eigenvalue weighted by Crippen LogP contribution is -2.32. The van der Waals surface area contributed by atoms with E-state index in [0.29, 0.717) is 13.1 Å². The number of aliphatic hydroxyl groups excluding tert-OH is 1. The molecule has 1 rings (SSSR count). The number of hydrogen-bond acceptors (Lipinski definition) is 4. The number of halogens is 1. The number of rotatable bonds is 6. The molecule has 5 heteroatoms. The highest BCUT2D eigenvalue weighted by Gasteiger charge is 2.14. The SMILES string of the molecule is COC(=O)c1ccc(CN(CCO)C(C)C)cc1F. The molecular weight excluding hydrogens is 249 g/mol. The molecule has 0 bridgehead atoms. The van der Waals surface area contributed by atoms with E-state index in [1.54, 1.807) is 6.07 Å². The van der Waals surface area contributed by atoms with E-state index in [0.717, 1.165) is 5.56 Å². The van der Waals surface area contributed by atoms with Crippen molar-refractivity contribution in [2.45, 2.75) is 26.4 Å². The third kappa shape index (κ3) is 4.29. The van der Waals surface area contributed by atoms with Crippen LogP contribution < -0.4 is 0 Å². The summed E-state index contributed by atoms with van der Waals surface area (Å²) >= 11 is 0. The molecule has 0 heterocycles. The van der Waals surface area contributed by atoms with Gasteiger partial charge in [0.1, 0.15) is 5.82 Å². The summed E-state index contributed by atoms with van der Waals surface area (Å²) in [6.45, 7) is 5.12. The van der Waals surface area contributed by atoms with Crippen molar-refractivity contribution in [1.82, 2.24) is 4.90 Å². The van der Waals surface area contributed by atoms with Crippen molar-refractivity contribution in [3.05, 3.63) is 35.1 Å². The van der Waals surface area contributed by atoms with E-state index in [1.165, 1.54) is 19.2 Å². The molecule has 0 saturated carbocycles. The predicted molar refractivity (Wildman–Crippen MR) is 70.4 cm³/mol. The van der Waals surface area contributed by atoms with Crippen molar-refractivity contribution in [2.24, 2.45) is 0 Å². The standard InChI is InChI=1S/C14H20FNO3/c1-10(2)16(6-7-17)9-11-4-5-12(13(15)8-11)14(18)19-3/h4-5,8,10,17H,6-7,9H2,1-3H3. The molecule has 0 spiro atoms. The summed E-state index contributed by atoms with van der Waals surface area (Å²) in [5.74, 6) is -1.27. The smallest absolute Gasteiger partial charge is 0.340 e. The molecule has 0 fully saturated rings. The van der Waals surface area contributed by atoms with Gasteiger partial charge < -0.3 is 9.84 Å². The number of aliphatic hydroxyl groups is 1. The first-order chi connectivity index (χ1) is 8.99. The third-order valence-corrected chi connectivity index (χ3v) is 2.94. The van der Waals surface area contributed by atoms with Gasteiger partial charge in [-0.3, -0.25) is 4.90 Å². The van der Waals surface area contributed by atoms with Gasteiger partial charge in [-0.05, 0) is 31.5 Å². The normalized spacial score (nSPS) is 11.1. The molecule has 1 N–H and O–H groups in total. The van der Waals surface area contributed by atoms with E-state index in [4.69, 9.17) is 5.11 Å². The summed E-state index contributed by atoms with van der Waals surface area (Å²) in [5.41, 5.74) is 0.691. The van der Waals surface area contributed by atoms with E-state index in [-0.39, 0.29) is 18.2 Å². The fourth-order valence-corrected chi connectivity index (χ4v) is 1.82. The Kier molecular flexibility index (Phi) is 5.92. The molecule has 0 atom stereocenters. The Bertz CT molecular complexity index is 435. The Labute approximate surface area is 112 Å². The summed E-state index contributed by atoms with van der Waals surface area (Å²) in [7, 11) is 1.22. The fourth-order valence-electron chi connectivity index (χ4n) is 1.82. The molecule has 106 valence electrons. The Balaban J connectivity index is 2.85. The van der Waals surface area contributed by atoms with Crippen LogP contribution >= 0.6 is 0 Å². The molecule has 0 aromatic heterocycles. The minimum atomic E-state index is -0.680. The number of ether oxygens (including phenoxy) is 1. The van der Waals surface area contributed by atoms with Gasteiger partial charge in [-0.2, -0.15) is 0 Å². The van der Waals surface area contributed by atoms with E-state index in [2.05, 4.69) is 4.74 Å². The Morgan fingerprint density at radius 3 is 2.63 bits per heavy atom. The zero-order valence-electron chi connectivity index (χ0n) is 11.5. The molecule has 0 aliphatic rings. The van der Waals surface area contributed by atoms with Gasteiger partial charge in [-0.15, -0.1) is 0 Å². The lowest BCUT2D eigenvalue weighted by atomic mass is 10.1. The second-order valence-electron chi connectivity index (χ2n) is 4.59. The number of carbonyl (C=O) groups excluding carboxylic acids is 1. The molecule has 1 aromatic rings. The Morgan fingerprint density at radius 2 is 2.16 bits per heavy atom. The predicted octanol–water partition coefficient (Wildman–Crippen LogP) is 1.81. The van der Waals surface area contributed by atoms with Crippen LogP contribution in [0, 0.1) is 5.82 Å². The molecule has 0 amide bonds. The zero-order chi connectivity index (χ0) is 14.4. The van der Waals surface area contributed by atoms with Gasteiger partial charge in [0.25, 0.3) is 0 Å². The van der Waals surface area contributed by atoms with Crippen molar-refractivity contribution >= 4 is 5.97 Å². The first-order valence-corrected chi connectivity index (χ1v) is 6.21. The highest BCUT2D eigenvalue weighted by molar-refractivity contribution is 5.89. The first-order valence-electron chi connectivity index (χ1n) is 6.21. The van der Waals surface area contributed by atoms with Crippen molar-refractivity contribution in [3.63, 3.8) is 0 Å². The van der Waals surface area contributed by atoms with Crippen LogP contribution in [0.15, 0.2) is 18.2 Å². The number of hydrogen-bond donors (Lipinski definition) is 1. The Morgan fingerprint density at radius 1 is 1.47 bits per heavy atom. The van der Waals surface area contributed by atoms with Crippen LogP contribution in [0.4, 0.5) is 4.39 Å². The number of carbonyl (C=O) groups is 1. The van der Waals surface area contributed by atoms with Gasteiger partial charge in [-0.25, -0.2) is 9.18 Å². The molecule has 0 saturated heterocycles. The molecule has 4 nitrogen and oxygen atoms in total. The van der Waals surface area contributed by atoms with Crippen LogP contribution in [0.1, 0.15) is 29.8 Å². The van der Waals surface area contributed by atoms with Gasteiger partial charge >= 0.3 is 5.97 Å². The molecule has 1 aromatic carbocycles. The first kappa shape index (κ1) is 15.6. The van der Waals surface area contributed by atoms with Gasteiger partial charge in [0, 0.05) is 19.1 Å². The van der Waals surface area contributed by atoms with Crippen molar-refractivity contribution in [3.8, 4) is 0 Å². The summed E-state index contributed by atoms with van der Waals surface area (Å²) in [5, 5.41) is 8.99. The maximum atomic E-state index is 13.8. The topological polar surface area (TPSA) is 49.8 Å². The highest BCUT2D eigenvalue weighted by Crippen LogP contribution is 2.14. The summed E-state index contributed by atoms with van der Waals surface area (Å²) < 4.78 is 18.2. The number of methoxy groups -OCH3 is 1. The summed E-state index contributed by atoms with van der Waals surface area (Å²) in [6, 6.07) is 4.70. The average Bonchev–Trinajstić information content (AvgIpc) is 2.37. The quantitative estimate of drug-likeness (QED) is 0.800. The van der Waals surface area contributed by atoms with Gasteiger partial charge in [0.2, 0.25) is 0 Å². The van der Waals surface area contributed by atoms with Crippen molar-refractivity contribution < 1.29 is 19.0 Å². The molecule has 0 unspecified atom stereocenters. The average molecular weight is 269 g/mol. The highest BCUT2D eigenvalue weighted by atomic mass is 19.1. The van der Waals surface area contributed by atoms with Crippen molar-refractivity contribution in [2.75, 3.05) is 20.3 Å².